The van der Waals surface area contributed by atoms with Gasteiger partial charge in [-0.1, -0.05) is 96.3 Å². The Balaban J connectivity index is 1.43. The molecule has 0 aromatic heterocycles. The molecule has 0 atom stereocenters. The molecule has 8 rings (SSSR count). The summed E-state index contributed by atoms with van der Waals surface area (Å²) in [6.07, 6.45) is 0. The number of rotatable bonds is 4. The summed E-state index contributed by atoms with van der Waals surface area (Å²) in [4.78, 5) is 2.11. The number of anilines is 3. The van der Waals surface area contributed by atoms with Crippen LogP contribution in [-0.2, 0) is 0 Å². The molecule has 0 unspecified atom stereocenters. The Hall–Kier alpha value is -5.02. The van der Waals surface area contributed by atoms with E-state index >= 15 is 0 Å². The van der Waals surface area contributed by atoms with Gasteiger partial charge in [-0.3, -0.25) is 0 Å². The number of para-hydroxylation sites is 3. The molecule has 0 aliphatic carbocycles. The number of benzene rings is 6. The van der Waals surface area contributed by atoms with Crippen LogP contribution in [0.15, 0.2) is 145 Å². The van der Waals surface area contributed by atoms with Crippen LogP contribution in [0.5, 0.6) is 11.5 Å². The van der Waals surface area contributed by atoms with Gasteiger partial charge in [0.1, 0.15) is 11.5 Å². The zero-order valence-corrected chi connectivity index (χ0v) is 20.6. The summed E-state index contributed by atoms with van der Waals surface area (Å²) in [6, 6.07) is 25.8. The van der Waals surface area contributed by atoms with Gasteiger partial charge in [0, 0.05) is 17.1 Å². The van der Waals surface area contributed by atoms with Crippen LogP contribution in [0.4, 0.5) is 17.1 Å². The molecule has 6 aromatic carbocycles. The SMILES string of the molecule is [2H]c1c([2H])c([2H])c(-c2cc3c4c(c2)-c2cc(N(c5ccccc5)c5ccccc5)ccc2B4c2c([2H])c([2H])c([2H])c([2H])c2O3)c([2H])c1[2H]. The molecule has 39 heavy (non-hydrogen) atoms. The van der Waals surface area contributed by atoms with Gasteiger partial charge in [-0.15, -0.1) is 0 Å². The predicted octanol–water partition coefficient (Wildman–Crippen LogP) is 7.43. The minimum atomic E-state index is -0.583. The number of hydrogen-bond acceptors (Lipinski definition) is 2. The maximum atomic E-state index is 8.90. The normalized spacial score (nSPS) is 15.5. The standard InChI is InChI=1S/C36H24BNO/c1-4-12-25(13-5-1)26-22-31-30-24-29(38(27-14-6-2-7-15-27)28-16-8-3-9-17-28)20-21-32(30)37-33-18-10-11-19-34(33)39-35(23-26)36(31)37/h1-24H/i1D,4D,5D,10D,11D,12D,13D,18D,19D. The summed E-state index contributed by atoms with van der Waals surface area (Å²) in [7, 11) is 0. The van der Waals surface area contributed by atoms with Gasteiger partial charge in [0.15, 0.2) is 0 Å². The third kappa shape index (κ3) is 3.51. The van der Waals surface area contributed by atoms with Gasteiger partial charge in [0.25, 0.3) is 6.71 Å². The molecular weight excluding hydrogens is 473 g/mol. The minimum Gasteiger partial charge on any atom is -0.458 e. The van der Waals surface area contributed by atoms with Crippen LogP contribution in [0.2, 0.25) is 0 Å². The second-order valence-corrected chi connectivity index (χ2v) is 9.49. The Bertz CT molecular complexity index is 2270. The highest BCUT2D eigenvalue weighted by molar-refractivity contribution is 7.00. The fourth-order valence-corrected chi connectivity index (χ4v) is 5.70. The molecule has 0 amide bonds. The van der Waals surface area contributed by atoms with Gasteiger partial charge in [0.05, 0.1) is 12.3 Å². The van der Waals surface area contributed by atoms with Gasteiger partial charge < -0.3 is 9.64 Å². The Morgan fingerprint density at radius 1 is 0.538 bits per heavy atom. The van der Waals surface area contributed by atoms with E-state index in [9.17, 15) is 0 Å². The summed E-state index contributed by atoms with van der Waals surface area (Å²) >= 11 is 0. The van der Waals surface area contributed by atoms with Crippen molar-refractivity contribution in [1.82, 2.24) is 0 Å². The number of hydrogen-bond donors (Lipinski definition) is 0. The summed E-state index contributed by atoms with van der Waals surface area (Å²) in [5, 5.41) is 0. The predicted molar refractivity (Wildman–Crippen MR) is 163 cm³/mol. The number of fused-ring (bicyclic) bond motifs is 5. The lowest BCUT2D eigenvalue weighted by molar-refractivity contribution is 0.488. The summed E-state index contributed by atoms with van der Waals surface area (Å²) < 4.78 is 82.8. The van der Waals surface area contributed by atoms with Crippen molar-refractivity contribution in [3.8, 4) is 33.8 Å². The molecule has 2 nitrogen and oxygen atoms in total. The average Bonchev–Trinajstić information content (AvgIpc) is 3.43. The Labute approximate surface area is 241 Å². The molecule has 2 aliphatic heterocycles. The summed E-state index contributed by atoms with van der Waals surface area (Å²) in [5.41, 5.74) is 6.36. The van der Waals surface area contributed by atoms with Gasteiger partial charge in [-0.25, -0.2) is 0 Å². The molecule has 0 radical (unpaired) electrons. The van der Waals surface area contributed by atoms with Crippen LogP contribution < -0.4 is 26.0 Å². The fourth-order valence-electron chi connectivity index (χ4n) is 5.70. The first-order chi connectivity index (χ1) is 23.1. The maximum Gasteiger partial charge on any atom is 0.252 e. The van der Waals surface area contributed by atoms with Crippen molar-refractivity contribution in [2.24, 2.45) is 0 Å². The molecule has 0 bridgehead atoms. The smallest absolute Gasteiger partial charge is 0.252 e. The zero-order chi connectivity index (χ0) is 33.6. The lowest BCUT2D eigenvalue weighted by Crippen LogP contribution is -2.51. The average molecular weight is 506 g/mol. The van der Waals surface area contributed by atoms with Crippen LogP contribution in [0.25, 0.3) is 22.3 Å². The third-order valence-electron chi connectivity index (χ3n) is 7.33. The van der Waals surface area contributed by atoms with E-state index in [1.54, 1.807) is 12.1 Å². The van der Waals surface area contributed by atoms with Crippen molar-refractivity contribution in [1.29, 1.82) is 0 Å². The molecule has 0 saturated heterocycles. The van der Waals surface area contributed by atoms with Crippen LogP contribution in [0.3, 0.4) is 0 Å². The lowest BCUT2D eigenvalue weighted by atomic mass is 9.38. The molecule has 6 aromatic rings. The first-order valence-corrected chi connectivity index (χ1v) is 12.7. The van der Waals surface area contributed by atoms with Crippen LogP contribution >= 0.6 is 0 Å². The molecule has 3 heteroatoms. The van der Waals surface area contributed by atoms with Crippen LogP contribution in [0, 0.1) is 0 Å². The highest BCUT2D eigenvalue weighted by atomic mass is 16.5. The molecule has 0 N–H and O–H groups in total. The van der Waals surface area contributed by atoms with Gasteiger partial charge in [-0.2, -0.15) is 0 Å². The first-order valence-electron chi connectivity index (χ1n) is 17.2. The third-order valence-corrected chi connectivity index (χ3v) is 7.33. The van der Waals surface area contributed by atoms with E-state index in [4.69, 9.17) is 17.1 Å². The van der Waals surface area contributed by atoms with E-state index in [-0.39, 0.29) is 41.5 Å². The molecule has 0 fully saturated rings. The van der Waals surface area contributed by atoms with Crippen molar-refractivity contribution >= 4 is 40.2 Å². The lowest BCUT2D eigenvalue weighted by Gasteiger charge is -2.26. The van der Waals surface area contributed by atoms with Crippen molar-refractivity contribution in [2.75, 3.05) is 4.90 Å². The molecular formula is C36H24BNO. The Morgan fingerprint density at radius 3 is 1.97 bits per heavy atom. The fraction of sp³-hybridized carbons (Fsp3) is 0. The Morgan fingerprint density at radius 2 is 1.23 bits per heavy atom. The van der Waals surface area contributed by atoms with E-state index in [0.717, 1.165) is 28.1 Å². The van der Waals surface area contributed by atoms with Crippen molar-refractivity contribution in [2.45, 2.75) is 0 Å². The number of ether oxygens (including phenoxy) is 1. The molecule has 0 spiro atoms. The van der Waals surface area contributed by atoms with Crippen molar-refractivity contribution in [3.05, 3.63) is 145 Å². The molecule has 182 valence electrons. The Kier molecular flexibility index (Phi) is 3.33. The second kappa shape index (κ2) is 8.78. The topological polar surface area (TPSA) is 12.5 Å². The monoisotopic (exact) mass is 506 g/mol. The maximum absolute atomic E-state index is 8.90. The molecule has 0 saturated carbocycles. The summed E-state index contributed by atoms with van der Waals surface area (Å²) in [6.45, 7) is -0.583. The quantitative estimate of drug-likeness (QED) is 0.230. The van der Waals surface area contributed by atoms with Crippen molar-refractivity contribution < 1.29 is 17.1 Å². The minimum absolute atomic E-state index is 0.00906. The summed E-state index contributed by atoms with van der Waals surface area (Å²) in [5.74, 6) is 0.312. The van der Waals surface area contributed by atoms with Gasteiger partial charge >= 0.3 is 0 Å². The van der Waals surface area contributed by atoms with Crippen LogP contribution in [-0.4, -0.2) is 6.71 Å². The van der Waals surface area contributed by atoms with E-state index in [0.29, 0.717) is 27.8 Å². The first kappa shape index (κ1) is 14.8. The molecule has 2 aliphatic rings. The van der Waals surface area contributed by atoms with Crippen molar-refractivity contribution in [3.63, 3.8) is 0 Å². The van der Waals surface area contributed by atoms with E-state index < -0.39 is 30.9 Å². The highest BCUT2D eigenvalue weighted by Gasteiger charge is 2.41. The van der Waals surface area contributed by atoms with E-state index in [2.05, 4.69) is 4.90 Å². The van der Waals surface area contributed by atoms with Crippen LogP contribution in [0.1, 0.15) is 12.3 Å². The van der Waals surface area contributed by atoms with Gasteiger partial charge in [-0.05, 0) is 87.8 Å². The van der Waals surface area contributed by atoms with E-state index in [1.807, 2.05) is 78.9 Å². The largest absolute Gasteiger partial charge is 0.458 e. The molecule has 2 heterocycles. The number of nitrogens with zero attached hydrogens (tertiary/aromatic N) is 1. The van der Waals surface area contributed by atoms with E-state index in [1.165, 1.54) is 0 Å². The zero-order valence-electron chi connectivity index (χ0n) is 29.6. The second-order valence-electron chi connectivity index (χ2n) is 9.49. The van der Waals surface area contributed by atoms with Gasteiger partial charge in [0.2, 0.25) is 0 Å². The highest BCUT2D eigenvalue weighted by Crippen LogP contribution is 2.41.